The van der Waals surface area contributed by atoms with Crippen molar-refractivity contribution in [2.75, 3.05) is 0 Å². The molecule has 2 rings (SSSR count). The van der Waals surface area contributed by atoms with Crippen LogP contribution in [0.1, 0.15) is 31.7 Å². The third-order valence-electron chi connectivity index (χ3n) is 3.25. The Morgan fingerprint density at radius 1 is 1.43 bits per heavy atom. The molecule has 0 aliphatic heterocycles. The highest BCUT2D eigenvalue weighted by Crippen LogP contribution is 2.32. The average Bonchev–Trinajstić information content (AvgIpc) is 2.97. The van der Waals surface area contributed by atoms with Gasteiger partial charge in [-0.2, -0.15) is 5.26 Å². The van der Waals surface area contributed by atoms with Crippen molar-refractivity contribution in [1.29, 1.82) is 5.26 Å². The number of nitro groups is 1. The maximum absolute atomic E-state index is 12.3. The summed E-state index contributed by atoms with van der Waals surface area (Å²) in [5.74, 6) is -1.12. The van der Waals surface area contributed by atoms with E-state index in [2.05, 4.69) is 4.98 Å². The lowest BCUT2D eigenvalue weighted by Crippen LogP contribution is -2.26. The highest BCUT2D eigenvalue weighted by atomic mass is 32.1. The van der Waals surface area contributed by atoms with Crippen LogP contribution in [0.4, 0.5) is 5.69 Å². The molecule has 23 heavy (non-hydrogen) atoms. The van der Waals surface area contributed by atoms with Crippen molar-refractivity contribution < 1.29 is 9.72 Å². The third-order valence-corrected chi connectivity index (χ3v) is 4.16. The number of non-ortho nitro benzene ring substituents is 1. The zero-order valence-corrected chi connectivity index (χ0v) is 13.8. The Morgan fingerprint density at radius 3 is 2.70 bits per heavy atom. The van der Waals surface area contributed by atoms with Crippen LogP contribution in [0, 0.1) is 26.9 Å². The highest BCUT2D eigenvalue weighted by Gasteiger charge is 2.32. The van der Waals surface area contributed by atoms with Gasteiger partial charge < -0.3 is 0 Å². The number of nitrogens with zero attached hydrogens (tertiary/aromatic N) is 3. The van der Waals surface area contributed by atoms with Crippen molar-refractivity contribution in [2.24, 2.45) is 5.41 Å². The Balaban J connectivity index is 2.37. The largest absolute Gasteiger partial charge is 0.297 e. The first-order chi connectivity index (χ1) is 10.7. The average molecular weight is 329 g/mol. The Hall–Kier alpha value is -2.59. The number of hydrogen-bond acceptors (Lipinski definition) is 6. The molecule has 0 spiro atoms. The van der Waals surface area contributed by atoms with Gasteiger partial charge in [0.15, 0.2) is 11.7 Å². The molecule has 1 atom stereocenters. The van der Waals surface area contributed by atoms with Crippen molar-refractivity contribution in [1.82, 2.24) is 4.98 Å². The van der Waals surface area contributed by atoms with Crippen LogP contribution < -0.4 is 0 Å². The number of rotatable bonds is 4. The number of benzene rings is 1. The second kappa shape index (κ2) is 6.26. The second-order valence-corrected chi connectivity index (χ2v) is 6.94. The van der Waals surface area contributed by atoms with Gasteiger partial charge in [-0.1, -0.05) is 32.9 Å². The van der Waals surface area contributed by atoms with E-state index < -0.39 is 16.3 Å². The van der Waals surface area contributed by atoms with Crippen LogP contribution in [0.5, 0.6) is 0 Å². The minimum absolute atomic E-state index is 0.0281. The molecule has 1 heterocycles. The summed E-state index contributed by atoms with van der Waals surface area (Å²) in [5, 5.41) is 22.3. The molecule has 0 aliphatic carbocycles. The van der Waals surface area contributed by atoms with Gasteiger partial charge in [-0.15, -0.1) is 11.3 Å². The number of Topliss-reactive ketones (excluding diaryl/α,β-unsaturated/α-hetero) is 1. The molecule has 1 aromatic heterocycles. The molecule has 0 N–H and O–H groups in total. The van der Waals surface area contributed by atoms with Crippen molar-refractivity contribution in [3.05, 3.63) is 44.8 Å². The van der Waals surface area contributed by atoms with E-state index in [1.165, 1.54) is 23.5 Å². The molecule has 7 heteroatoms. The van der Waals surface area contributed by atoms with E-state index in [4.69, 9.17) is 0 Å². The number of carbonyl (C=O) groups excluding carboxylic acids is 1. The molecule has 1 unspecified atom stereocenters. The van der Waals surface area contributed by atoms with Gasteiger partial charge in [0, 0.05) is 28.5 Å². The Kier molecular flexibility index (Phi) is 4.57. The van der Waals surface area contributed by atoms with E-state index in [0.717, 1.165) is 0 Å². The summed E-state index contributed by atoms with van der Waals surface area (Å²) in [6.07, 6.45) is 0. The molecule has 6 nitrogen and oxygen atoms in total. The van der Waals surface area contributed by atoms with Crippen molar-refractivity contribution in [3.63, 3.8) is 0 Å². The van der Waals surface area contributed by atoms with E-state index in [-0.39, 0.29) is 11.5 Å². The Labute approximate surface area is 137 Å². The number of ketones is 1. The number of nitro benzene ring substituents is 1. The van der Waals surface area contributed by atoms with E-state index in [1.54, 1.807) is 38.3 Å². The van der Waals surface area contributed by atoms with Gasteiger partial charge in [0.1, 0.15) is 5.01 Å². The van der Waals surface area contributed by atoms with Gasteiger partial charge in [-0.3, -0.25) is 14.9 Å². The molecule has 0 radical (unpaired) electrons. The van der Waals surface area contributed by atoms with Gasteiger partial charge in [0.05, 0.1) is 16.7 Å². The number of nitriles is 1. The van der Waals surface area contributed by atoms with Gasteiger partial charge in [-0.25, -0.2) is 4.98 Å². The Bertz CT molecular complexity index is 799. The van der Waals surface area contributed by atoms with Crippen molar-refractivity contribution in [2.45, 2.75) is 26.7 Å². The summed E-state index contributed by atoms with van der Waals surface area (Å²) in [7, 11) is 0. The molecular formula is C16H15N3O3S. The second-order valence-electron chi connectivity index (χ2n) is 6.05. The van der Waals surface area contributed by atoms with Crippen LogP contribution in [0.2, 0.25) is 0 Å². The van der Waals surface area contributed by atoms with Crippen LogP contribution in [0.3, 0.4) is 0 Å². The lowest BCUT2D eigenvalue weighted by Gasteiger charge is -2.18. The van der Waals surface area contributed by atoms with Gasteiger partial charge >= 0.3 is 0 Å². The van der Waals surface area contributed by atoms with Crippen LogP contribution in [-0.2, 0) is 4.79 Å². The molecule has 0 amide bonds. The van der Waals surface area contributed by atoms with Crippen molar-refractivity contribution >= 4 is 22.8 Å². The number of carbonyl (C=O) groups is 1. The molecule has 118 valence electrons. The minimum Gasteiger partial charge on any atom is -0.297 e. The fraction of sp³-hybridized carbons (Fsp3) is 0.312. The fourth-order valence-corrected chi connectivity index (χ4v) is 2.86. The lowest BCUT2D eigenvalue weighted by molar-refractivity contribution is -0.384. The smallest absolute Gasteiger partial charge is 0.270 e. The molecule has 0 aliphatic rings. The molecule has 0 saturated carbocycles. The topological polar surface area (TPSA) is 96.9 Å². The normalized spacial score (nSPS) is 12.4. The lowest BCUT2D eigenvalue weighted by atomic mass is 9.84. The fourth-order valence-electron chi connectivity index (χ4n) is 1.99. The molecule has 0 bridgehead atoms. The summed E-state index contributed by atoms with van der Waals surface area (Å²) in [6, 6.07) is 8.12. The molecule has 0 saturated heterocycles. The zero-order chi connectivity index (χ0) is 17.2. The van der Waals surface area contributed by atoms with E-state index >= 15 is 0 Å². The minimum atomic E-state index is -0.924. The Morgan fingerprint density at radius 2 is 2.13 bits per heavy atom. The zero-order valence-electron chi connectivity index (χ0n) is 12.9. The highest BCUT2D eigenvalue weighted by molar-refractivity contribution is 7.10. The monoisotopic (exact) mass is 329 g/mol. The standard InChI is InChI=1S/C16H15N3O3S/c1-16(2,3)14(20)12(8-17)15-18-13(9-23-15)10-5-4-6-11(7-10)19(21)22/h4-7,9,12H,1-3H3. The van der Waals surface area contributed by atoms with Gasteiger partial charge in [0.2, 0.25) is 0 Å². The molecular weight excluding hydrogens is 314 g/mol. The van der Waals surface area contributed by atoms with E-state index in [1.807, 2.05) is 6.07 Å². The van der Waals surface area contributed by atoms with E-state index in [0.29, 0.717) is 16.3 Å². The summed E-state index contributed by atoms with van der Waals surface area (Å²) in [6.45, 7) is 5.28. The van der Waals surface area contributed by atoms with Crippen LogP contribution in [0.15, 0.2) is 29.6 Å². The summed E-state index contributed by atoms with van der Waals surface area (Å²) >= 11 is 1.21. The first kappa shape index (κ1) is 16.8. The molecule has 0 fully saturated rings. The predicted octanol–water partition coefficient (Wildman–Crippen LogP) is 3.94. The number of thiazole rings is 1. The quantitative estimate of drug-likeness (QED) is 0.625. The van der Waals surface area contributed by atoms with Gasteiger partial charge in [0.25, 0.3) is 5.69 Å². The maximum atomic E-state index is 12.3. The molecule has 1 aromatic carbocycles. The van der Waals surface area contributed by atoms with Gasteiger partial charge in [-0.05, 0) is 0 Å². The summed E-state index contributed by atoms with van der Waals surface area (Å²) < 4.78 is 0. The van der Waals surface area contributed by atoms with E-state index in [9.17, 15) is 20.2 Å². The third kappa shape index (κ3) is 3.60. The van der Waals surface area contributed by atoms with Crippen LogP contribution in [0.25, 0.3) is 11.3 Å². The van der Waals surface area contributed by atoms with Crippen LogP contribution in [-0.4, -0.2) is 15.7 Å². The first-order valence-corrected chi connectivity index (χ1v) is 7.76. The first-order valence-electron chi connectivity index (χ1n) is 6.88. The SMILES string of the molecule is CC(C)(C)C(=O)C(C#N)c1nc(-c2cccc([N+](=O)[O-])c2)cs1. The summed E-state index contributed by atoms with van der Waals surface area (Å²) in [5.41, 5.74) is 0.439. The molecule has 2 aromatic rings. The maximum Gasteiger partial charge on any atom is 0.270 e. The van der Waals surface area contributed by atoms with Crippen LogP contribution >= 0.6 is 11.3 Å². The number of hydrogen-bond donors (Lipinski definition) is 0. The van der Waals surface area contributed by atoms with Crippen molar-refractivity contribution in [3.8, 4) is 17.3 Å². The number of aromatic nitrogens is 1. The predicted molar refractivity (Wildman–Crippen MR) is 87.0 cm³/mol. The summed E-state index contributed by atoms with van der Waals surface area (Å²) in [4.78, 5) is 27.0.